The number of nitrogens with zero attached hydrogens (tertiary/aromatic N) is 7. The van der Waals surface area contributed by atoms with Gasteiger partial charge in [0.1, 0.15) is 0 Å². The second kappa shape index (κ2) is 22.1. The van der Waals surface area contributed by atoms with Crippen LogP contribution in [0.3, 0.4) is 0 Å². The van der Waals surface area contributed by atoms with Gasteiger partial charge in [0.15, 0.2) is 11.6 Å². The molecule has 7 heteroatoms. The summed E-state index contributed by atoms with van der Waals surface area (Å²) in [5.41, 5.74) is 26.5. The van der Waals surface area contributed by atoms with Crippen molar-refractivity contribution in [1.29, 1.82) is 0 Å². The molecule has 18 aromatic rings. The molecule has 0 saturated carbocycles. The zero-order valence-corrected chi connectivity index (χ0v) is 51.6. The second-order valence-electron chi connectivity index (χ2n) is 24.9. The molecule has 0 fully saturated rings. The molecule has 7 nitrogen and oxygen atoms in total. The molecule has 444 valence electrons. The van der Waals surface area contributed by atoms with Crippen molar-refractivity contribution in [2.75, 3.05) is 0 Å². The Morgan fingerprint density at radius 3 is 0.811 bits per heavy atom. The van der Waals surface area contributed by atoms with Crippen molar-refractivity contribution < 1.29 is 0 Å². The normalized spacial score (nSPS) is 12.1. The summed E-state index contributed by atoms with van der Waals surface area (Å²) in [6.07, 6.45) is 1.73. The molecule has 0 bridgehead atoms. The Balaban J connectivity index is 0.851. The predicted octanol–water partition coefficient (Wildman–Crippen LogP) is 22.0. The third-order valence-electron chi connectivity index (χ3n) is 19.2. The van der Waals surface area contributed by atoms with Gasteiger partial charge < -0.3 is 13.7 Å². The molecule has 0 saturated heterocycles. The van der Waals surface area contributed by atoms with Gasteiger partial charge in [0, 0.05) is 82.8 Å². The van der Waals surface area contributed by atoms with Gasteiger partial charge in [-0.2, -0.15) is 0 Å². The number of benzene rings is 13. The van der Waals surface area contributed by atoms with Gasteiger partial charge in [-0.15, -0.1) is 0 Å². The van der Waals surface area contributed by atoms with Crippen molar-refractivity contribution in [2.45, 2.75) is 12.8 Å². The van der Waals surface area contributed by atoms with Crippen LogP contribution in [-0.2, 0) is 12.8 Å². The van der Waals surface area contributed by atoms with Crippen LogP contribution >= 0.6 is 0 Å². The van der Waals surface area contributed by atoms with Crippen LogP contribution in [0.1, 0.15) is 11.1 Å². The van der Waals surface area contributed by atoms with E-state index in [9.17, 15) is 0 Å². The SMILES string of the molecule is c1ccc(-c2cc(-c3ccccc3)nc(-c3cc(-c4cc5c6c7c(cc(-c8cc(-c9nc(-c%10ccccc%10)cc(-c%10ccccc%10)n9)cc(-n9c%10ccccc%10c%10ccccc%109)c8)cc7n(-c7ccccc7)c6c4)CC5)cc(-n4c5ccccc5c5ccccc54)c3)n2)cc1. The van der Waals surface area contributed by atoms with Gasteiger partial charge in [-0.05, 0) is 143 Å². The van der Waals surface area contributed by atoms with Crippen molar-refractivity contribution in [3.05, 3.63) is 333 Å². The Bertz CT molecular complexity index is 5490. The zero-order valence-electron chi connectivity index (χ0n) is 51.6. The number of fused-ring (bicyclic) bond motifs is 6. The molecule has 95 heavy (non-hydrogen) atoms. The van der Waals surface area contributed by atoms with Crippen LogP contribution in [0.2, 0.25) is 0 Å². The molecule has 19 rings (SSSR count). The van der Waals surface area contributed by atoms with Crippen LogP contribution in [0.25, 0.3) is 173 Å². The van der Waals surface area contributed by atoms with Crippen molar-refractivity contribution in [3.8, 4) is 107 Å². The van der Waals surface area contributed by atoms with Gasteiger partial charge in [-0.3, -0.25) is 0 Å². The highest BCUT2D eigenvalue weighted by atomic mass is 15.0. The summed E-state index contributed by atoms with van der Waals surface area (Å²) in [6, 6.07) is 116. The Morgan fingerprint density at radius 2 is 0.474 bits per heavy atom. The van der Waals surface area contributed by atoms with Gasteiger partial charge >= 0.3 is 0 Å². The molecule has 0 unspecified atom stereocenters. The number of para-hydroxylation sites is 5. The number of hydrogen-bond donors (Lipinski definition) is 0. The molecule has 0 atom stereocenters. The highest BCUT2D eigenvalue weighted by molar-refractivity contribution is 6.16. The standard InChI is InChI=1S/C88H57N7/c1-6-24-56(25-7-1)75-54-76(57-26-8-2-9-27-57)90-87(89-75)66-46-62(48-69(50-66)94-79-38-20-16-34-71(79)72-35-17-21-39-80(72)94)64-44-60-42-43-61-45-65(53-84-86(61)85(60)83(52-64)93(84)68-32-14-5-15-33-68)63-47-67(51-70(49-63)95-81-40-22-18-36-73(81)74-37-19-23-41-82(74)95)88-91-77(58-28-10-3-11-29-58)55-78(92-88)59-30-12-4-13-31-59/h1-41,44-55H,42-43H2. The Morgan fingerprint density at radius 1 is 0.200 bits per heavy atom. The summed E-state index contributed by atoms with van der Waals surface area (Å²) in [5, 5.41) is 7.41. The molecule has 0 N–H and O–H groups in total. The molecule has 13 aromatic carbocycles. The maximum absolute atomic E-state index is 5.46. The number of hydrogen-bond acceptors (Lipinski definition) is 4. The summed E-state index contributed by atoms with van der Waals surface area (Å²) in [6.45, 7) is 0. The van der Waals surface area contributed by atoms with Crippen LogP contribution < -0.4 is 0 Å². The Hall–Kier alpha value is -12.6. The van der Waals surface area contributed by atoms with E-state index in [1.54, 1.807) is 0 Å². The van der Waals surface area contributed by atoms with Crippen LogP contribution in [0.5, 0.6) is 0 Å². The first kappa shape index (κ1) is 54.2. The monoisotopic (exact) mass is 1210 g/mol. The summed E-state index contributed by atoms with van der Waals surface area (Å²) in [7, 11) is 0. The van der Waals surface area contributed by atoms with Crippen LogP contribution in [0.4, 0.5) is 0 Å². The first-order valence-corrected chi connectivity index (χ1v) is 32.5. The molecule has 5 heterocycles. The molecule has 1 aliphatic carbocycles. The minimum atomic E-state index is 0.657. The van der Waals surface area contributed by atoms with Crippen molar-refractivity contribution in [1.82, 2.24) is 33.6 Å². The van der Waals surface area contributed by atoms with Crippen molar-refractivity contribution >= 4 is 65.4 Å². The smallest absolute Gasteiger partial charge is 0.160 e. The maximum atomic E-state index is 5.46. The molecular formula is C88H57N7. The Labute approximate surface area is 548 Å². The number of aromatic nitrogens is 7. The van der Waals surface area contributed by atoms with E-state index in [0.29, 0.717) is 11.6 Å². The van der Waals surface area contributed by atoms with E-state index < -0.39 is 0 Å². The number of rotatable bonds is 11. The Kier molecular flexibility index (Phi) is 12.6. The fourth-order valence-corrected chi connectivity index (χ4v) is 14.9. The summed E-state index contributed by atoms with van der Waals surface area (Å²) >= 11 is 0. The summed E-state index contributed by atoms with van der Waals surface area (Å²) in [5.74, 6) is 1.31. The fourth-order valence-electron chi connectivity index (χ4n) is 14.9. The van der Waals surface area contributed by atoms with Crippen LogP contribution in [0.15, 0.2) is 322 Å². The first-order valence-electron chi connectivity index (χ1n) is 32.5. The van der Waals surface area contributed by atoms with Gasteiger partial charge in [0.25, 0.3) is 0 Å². The highest BCUT2D eigenvalue weighted by Crippen LogP contribution is 2.47. The third kappa shape index (κ3) is 9.19. The second-order valence-corrected chi connectivity index (χ2v) is 24.9. The molecular weight excluding hydrogens is 1160 g/mol. The van der Waals surface area contributed by atoms with Gasteiger partial charge in [0.05, 0.1) is 55.9 Å². The van der Waals surface area contributed by atoms with E-state index in [-0.39, 0.29) is 0 Å². The van der Waals surface area contributed by atoms with Crippen LogP contribution in [0, 0.1) is 0 Å². The number of aryl methyl sites for hydroxylation is 2. The van der Waals surface area contributed by atoms with E-state index in [1.165, 1.54) is 43.4 Å². The third-order valence-corrected chi connectivity index (χ3v) is 19.2. The molecule has 0 spiro atoms. The molecule has 5 aromatic heterocycles. The van der Waals surface area contributed by atoms with Gasteiger partial charge in [0.2, 0.25) is 0 Å². The zero-order chi connectivity index (χ0) is 62.5. The lowest BCUT2D eigenvalue weighted by Crippen LogP contribution is -2.01. The molecule has 0 amide bonds. The minimum absolute atomic E-state index is 0.657. The minimum Gasteiger partial charge on any atom is -0.309 e. The fraction of sp³-hybridized carbons (Fsp3) is 0.0227. The predicted molar refractivity (Wildman–Crippen MR) is 392 cm³/mol. The largest absolute Gasteiger partial charge is 0.309 e. The van der Waals surface area contributed by atoms with E-state index >= 15 is 0 Å². The lowest BCUT2D eigenvalue weighted by Gasteiger charge is -2.18. The lowest BCUT2D eigenvalue weighted by atomic mass is 9.87. The van der Waals surface area contributed by atoms with Gasteiger partial charge in [-0.25, -0.2) is 19.9 Å². The van der Waals surface area contributed by atoms with E-state index in [0.717, 1.165) is 141 Å². The topological polar surface area (TPSA) is 66.3 Å². The average molecular weight is 1210 g/mol. The highest BCUT2D eigenvalue weighted by Gasteiger charge is 2.27. The van der Waals surface area contributed by atoms with Crippen LogP contribution in [-0.4, -0.2) is 33.6 Å². The van der Waals surface area contributed by atoms with Gasteiger partial charge in [-0.1, -0.05) is 224 Å². The van der Waals surface area contributed by atoms with E-state index in [2.05, 4.69) is 335 Å². The van der Waals surface area contributed by atoms with Crippen molar-refractivity contribution in [3.63, 3.8) is 0 Å². The molecule has 0 aliphatic heterocycles. The van der Waals surface area contributed by atoms with E-state index in [4.69, 9.17) is 19.9 Å². The maximum Gasteiger partial charge on any atom is 0.160 e. The quantitative estimate of drug-likeness (QED) is 0.129. The average Bonchev–Trinajstić information content (AvgIpc) is 1.57. The van der Waals surface area contributed by atoms with Crippen molar-refractivity contribution in [2.24, 2.45) is 0 Å². The molecule has 0 radical (unpaired) electrons. The lowest BCUT2D eigenvalue weighted by molar-refractivity contribution is 0.970. The first-order chi connectivity index (χ1) is 47.1. The molecule has 1 aliphatic rings. The summed E-state index contributed by atoms with van der Waals surface area (Å²) < 4.78 is 7.36. The summed E-state index contributed by atoms with van der Waals surface area (Å²) in [4.78, 5) is 21.8. The van der Waals surface area contributed by atoms with E-state index in [1.807, 2.05) is 0 Å².